The van der Waals surface area contributed by atoms with Crippen LogP contribution in [0, 0.1) is 6.92 Å². The van der Waals surface area contributed by atoms with Gasteiger partial charge in [-0.2, -0.15) is 0 Å². The van der Waals surface area contributed by atoms with E-state index in [-0.39, 0.29) is 0 Å². The Morgan fingerprint density at radius 2 is 2.00 bits per heavy atom. The lowest BCUT2D eigenvalue weighted by Gasteiger charge is -2.32. The minimum atomic E-state index is 0.628. The molecule has 0 aromatic carbocycles. The Labute approximate surface area is 116 Å². The van der Waals surface area contributed by atoms with Gasteiger partial charge in [0, 0.05) is 18.8 Å². The number of nitrogens with zero attached hydrogens (tertiary/aromatic N) is 3. The highest BCUT2D eigenvalue weighted by Gasteiger charge is 2.21. The first-order chi connectivity index (χ1) is 9.31. The highest BCUT2D eigenvalue weighted by Crippen LogP contribution is 2.25. The van der Waals surface area contributed by atoms with Gasteiger partial charge in [-0.05, 0) is 38.8 Å². The Hall–Kier alpha value is -1.16. The summed E-state index contributed by atoms with van der Waals surface area (Å²) in [5.74, 6) is 1.93. The Bertz CT molecular complexity index is 372. The van der Waals surface area contributed by atoms with Crippen molar-refractivity contribution in [1.82, 2.24) is 9.97 Å². The maximum atomic E-state index is 5.69. The molecule has 0 aliphatic heterocycles. The van der Waals surface area contributed by atoms with Gasteiger partial charge in [-0.3, -0.25) is 0 Å². The van der Waals surface area contributed by atoms with Crippen molar-refractivity contribution >= 4 is 5.82 Å². The number of nitrogens with two attached hydrogens (primary N) is 1. The van der Waals surface area contributed by atoms with Crippen molar-refractivity contribution in [3.05, 3.63) is 18.1 Å². The van der Waals surface area contributed by atoms with Crippen LogP contribution in [0.2, 0.25) is 0 Å². The molecule has 0 bridgehead atoms. The summed E-state index contributed by atoms with van der Waals surface area (Å²) in [4.78, 5) is 11.3. The Morgan fingerprint density at radius 1 is 1.26 bits per heavy atom. The average Bonchev–Trinajstić information content (AvgIpc) is 2.68. The van der Waals surface area contributed by atoms with E-state index >= 15 is 0 Å². The highest BCUT2D eigenvalue weighted by molar-refractivity contribution is 5.38. The molecule has 1 aliphatic rings. The van der Waals surface area contributed by atoms with E-state index in [4.69, 9.17) is 5.73 Å². The molecule has 19 heavy (non-hydrogen) atoms. The van der Waals surface area contributed by atoms with Gasteiger partial charge in [0.1, 0.15) is 11.6 Å². The molecule has 1 aliphatic carbocycles. The van der Waals surface area contributed by atoms with Gasteiger partial charge in [-0.1, -0.05) is 25.7 Å². The van der Waals surface area contributed by atoms with E-state index in [1.807, 2.05) is 19.2 Å². The Kier molecular flexibility index (Phi) is 5.58. The van der Waals surface area contributed by atoms with Gasteiger partial charge in [0.25, 0.3) is 0 Å². The minimum absolute atomic E-state index is 0.628. The number of hydrogen-bond donors (Lipinski definition) is 1. The summed E-state index contributed by atoms with van der Waals surface area (Å²) < 4.78 is 0. The van der Waals surface area contributed by atoms with Crippen molar-refractivity contribution in [3.63, 3.8) is 0 Å². The Morgan fingerprint density at radius 3 is 2.63 bits per heavy atom. The molecule has 1 saturated carbocycles. The number of aryl methyl sites for hydroxylation is 1. The fourth-order valence-corrected chi connectivity index (χ4v) is 2.92. The zero-order valence-corrected chi connectivity index (χ0v) is 12.0. The third kappa shape index (κ3) is 4.16. The molecule has 1 aromatic heterocycles. The van der Waals surface area contributed by atoms with Crippen LogP contribution in [-0.4, -0.2) is 29.1 Å². The van der Waals surface area contributed by atoms with Crippen LogP contribution < -0.4 is 10.6 Å². The van der Waals surface area contributed by atoms with Crippen molar-refractivity contribution < 1.29 is 0 Å². The van der Waals surface area contributed by atoms with Gasteiger partial charge in [0.05, 0.1) is 0 Å². The molecule has 0 spiro atoms. The summed E-state index contributed by atoms with van der Waals surface area (Å²) in [6.07, 6.45) is 10.9. The maximum absolute atomic E-state index is 5.69. The highest BCUT2D eigenvalue weighted by atomic mass is 15.2. The lowest BCUT2D eigenvalue weighted by Crippen LogP contribution is -2.37. The van der Waals surface area contributed by atoms with Crippen LogP contribution >= 0.6 is 0 Å². The second-order valence-corrected chi connectivity index (χ2v) is 5.44. The van der Waals surface area contributed by atoms with Gasteiger partial charge in [0.15, 0.2) is 0 Å². The molecular formula is C15H26N4. The van der Waals surface area contributed by atoms with Crippen LogP contribution in [-0.2, 0) is 0 Å². The number of aromatic nitrogens is 2. The molecule has 2 N–H and O–H groups in total. The standard InChI is InChI=1S/C15H26N4/c1-13-17-11-9-15(18-13)19(12-6-10-16)14-7-4-2-3-5-8-14/h9,11,14H,2-8,10,12,16H2,1H3. The van der Waals surface area contributed by atoms with E-state index in [0.717, 1.165) is 31.2 Å². The van der Waals surface area contributed by atoms with Crippen LogP contribution in [0.15, 0.2) is 12.3 Å². The summed E-state index contributed by atoms with van der Waals surface area (Å²) in [6, 6.07) is 2.66. The van der Waals surface area contributed by atoms with Crippen molar-refractivity contribution in [2.45, 2.75) is 57.9 Å². The van der Waals surface area contributed by atoms with E-state index in [9.17, 15) is 0 Å². The van der Waals surface area contributed by atoms with Crippen LogP contribution in [0.3, 0.4) is 0 Å². The van der Waals surface area contributed by atoms with Crippen molar-refractivity contribution in [1.29, 1.82) is 0 Å². The molecule has 0 radical (unpaired) electrons. The summed E-state index contributed by atoms with van der Waals surface area (Å²) in [6.45, 7) is 3.71. The molecule has 0 unspecified atom stereocenters. The molecule has 1 aromatic rings. The lowest BCUT2D eigenvalue weighted by atomic mass is 10.1. The molecule has 0 saturated heterocycles. The predicted octanol–water partition coefficient (Wildman–Crippen LogP) is 2.66. The fourth-order valence-electron chi connectivity index (χ4n) is 2.92. The molecule has 106 valence electrons. The third-order valence-corrected chi connectivity index (χ3v) is 3.92. The third-order valence-electron chi connectivity index (χ3n) is 3.92. The quantitative estimate of drug-likeness (QED) is 0.829. The smallest absolute Gasteiger partial charge is 0.132 e. The maximum Gasteiger partial charge on any atom is 0.132 e. The first-order valence-corrected chi connectivity index (χ1v) is 7.57. The number of rotatable bonds is 5. The molecule has 4 nitrogen and oxygen atoms in total. The summed E-state index contributed by atoms with van der Waals surface area (Å²) in [5.41, 5.74) is 5.69. The molecule has 0 amide bonds. The zero-order chi connectivity index (χ0) is 13.5. The SMILES string of the molecule is Cc1nccc(N(CCCN)C2CCCCCC2)n1. The van der Waals surface area contributed by atoms with Gasteiger partial charge >= 0.3 is 0 Å². The molecule has 2 rings (SSSR count). The number of hydrogen-bond acceptors (Lipinski definition) is 4. The molecule has 1 heterocycles. The van der Waals surface area contributed by atoms with E-state index < -0.39 is 0 Å². The van der Waals surface area contributed by atoms with Crippen molar-refractivity contribution in [2.24, 2.45) is 5.73 Å². The summed E-state index contributed by atoms with van der Waals surface area (Å²) in [5, 5.41) is 0. The van der Waals surface area contributed by atoms with E-state index in [1.54, 1.807) is 0 Å². The average molecular weight is 262 g/mol. The van der Waals surface area contributed by atoms with Crippen LogP contribution in [0.4, 0.5) is 5.82 Å². The van der Waals surface area contributed by atoms with E-state index in [0.29, 0.717) is 6.04 Å². The van der Waals surface area contributed by atoms with Crippen LogP contribution in [0.25, 0.3) is 0 Å². The monoisotopic (exact) mass is 262 g/mol. The van der Waals surface area contributed by atoms with Gasteiger partial charge in [0.2, 0.25) is 0 Å². The van der Waals surface area contributed by atoms with E-state index in [1.165, 1.54) is 38.5 Å². The molecule has 1 fully saturated rings. The largest absolute Gasteiger partial charge is 0.353 e. The Balaban J connectivity index is 2.13. The number of anilines is 1. The molecule has 0 atom stereocenters. The topological polar surface area (TPSA) is 55.0 Å². The molecule has 4 heteroatoms. The first kappa shape index (κ1) is 14.3. The second kappa shape index (κ2) is 7.43. The van der Waals surface area contributed by atoms with Crippen LogP contribution in [0.5, 0.6) is 0 Å². The second-order valence-electron chi connectivity index (χ2n) is 5.44. The summed E-state index contributed by atoms with van der Waals surface area (Å²) in [7, 11) is 0. The normalized spacial score (nSPS) is 17.2. The van der Waals surface area contributed by atoms with Crippen molar-refractivity contribution in [2.75, 3.05) is 18.0 Å². The first-order valence-electron chi connectivity index (χ1n) is 7.57. The lowest BCUT2D eigenvalue weighted by molar-refractivity contribution is 0.514. The fraction of sp³-hybridized carbons (Fsp3) is 0.733. The van der Waals surface area contributed by atoms with Crippen molar-refractivity contribution in [3.8, 4) is 0 Å². The van der Waals surface area contributed by atoms with Crippen LogP contribution in [0.1, 0.15) is 50.8 Å². The van der Waals surface area contributed by atoms with Gasteiger partial charge < -0.3 is 10.6 Å². The predicted molar refractivity (Wildman–Crippen MR) is 79.3 cm³/mol. The molecular weight excluding hydrogens is 236 g/mol. The zero-order valence-electron chi connectivity index (χ0n) is 12.0. The minimum Gasteiger partial charge on any atom is -0.353 e. The van der Waals surface area contributed by atoms with E-state index in [2.05, 4.69) is 14.9 Å². The van der Waals surface area contributed by atoms with Gasteiger partial charge in [-0.25, -0.2) is 9.97 Å². The van der Waals surface area contributed by atoms with Gasteiger partial charge in [-0.15, -0.1) is 0 Å². The summed E-state index contributed by atoms with van der Waals surface area (Å²) >= 11 is 0.